The average Bonchev–Trinajstić information content (AvgIpc) is 3.20. The molecule has 0 unspecified atom stereocenters. The summed E-state index contributed by atoms with van der Waals surface area (Å²) in [4.78, 5) is 13.4. The highest BCUT2D eigenvalue weighted by Crippen LogP contribution is 2.24. The molecule has 0 saturated carbocycles. The molecule has 1 aliphatic heterocycles. The number of amides is 1. The standard InChI is InChI=1S/C16H22N4O3/c1-12(21)17-16-6-8-20(18-16)13-5-7-19(9-13)10-14-3-4-15(23-14)11-22-2/h3-4,6,8,13H,5,7,9-11H2,1-2H3,(H,17,18,21)/t13-/m0/s1. The Hall–Kier alpha value is -2.12. The van der Waals surface area contributed by atoms with E-state index in [9.17, 15) is 4.79 Å². The van der Waals surface area contributed by atoms with Gasteiger partial charge in [0, 0.05) is 39.4 Å². The molecule has 1 saturated heterocycles. The summed E-state index contributed by atoms with van der Waals surface area (Å²) >= 11 is 0. The fourth-order valence-electron chi connectivity index (χ4n) is 2.91. The van der Waals surface area contributed by atoms with Crippen LogP contribution >= 0.6 is 0 Å². The molecule has 1 atom stereocenters. The first-order valence-corrected chi connectivity index (χ1v) is 7.75. The van der Waals surface area contributed by atoms with Gasteiger partial charge in [-0.25, -0.2) is 0 Å². The van der Waals surface area contributed by atoms with Gasteiger partial charge in [0.25, 0.3) is 0 Å². The summed E-state index contributed by atoms with van der Waals surface area (Å²) in [5, 5.41) is 7.12. The molecular weight excluding hydrogens is 296 g/mol. The van der Waals surface area contributed by atoms with Crippen molar-refractivity contribution in [2.45, 2.75) is 32.5 Å². The molecule has 1 aliphatic rings. The van der Waals surface area contributed by atoms with Gasteiger partial charge in [-0.15, -0.1) is 0 Å². The number of nitrogens with one attached hydrogen (secondary N) is 1. The van der Waals surface area contributed by atoms with Crippen LogP contribution in [-0.4, -0.2) is 40.8 Å². The van der Waals surface area contributed by atoms with E-state index < -0.39 is 0 Å². The Balaban J connectivity index is 1.55. The maximum Gasteiger partial charge on any atom is 0.222 e. The van der Waals surface area contributed by atoms with Gasteiger partial charge in [-0.1, -0.05) is 0 Å². The van der Waals surface area contributed by atoms with E-state index in [1.807, 2.05) is 29.1 Å². The molecule has 7 nitrogen and oxygen atoms in total. The number of carbonyl (C=O) groups excluding carboxylic acids is 1. The normalized spacial score (nSPS) is 18.4. The Kier molecular flexibility index (Phi) is 4.78. The number of methoxy groups -OCH3 is 1. The number of nitrogens with zero attached hydrogens (tertiary/aromatic N) is 3. The maximum absolute atomic E-state index is 11.1. The minimum absolute atomic E-state index is 0.104. The predicted octanol–water partition coefficient (Wildman–Crippen LogP) is 2.03. The topological polar surface area (TPSA) is 72.5 Å². The highest BCUT2D eigenvalue weighted by atomic mass is 16.5. The molecule has 2 aromatic heterocycles. The number of carbonyl (C=O) groups is 1. The van der Waals surface area contributed by atoms with Gasteiger partial charge in [0.05, 0.1) is 12.6 Å². The minimum Gasteiger partial charge on any atom is -0.462 e. The first-order chi connectivity index (χ1) is 11.1. The van der Waals surface area contributed by atoms with Crippen molar-refractivity contribution in [3.8, 4) is 0 Å². The van der Waals surface area contributed by atoms with Gasteiger partial charge >= 0.3 is 0 Å². The van der Waals surface area contributed by atoms with E-state index in [0.29, 0.717) is 18.5 Å². The quantitative estimate of drug-likeness (QED) is 0.882. The van der Waals surface area contributed by atoms with Crippen molar-refractivity contribution in [2.24, 2.45) is 0 Å². The lowest BCUT2D eigenvalue weighted by atomic mass is 10.3. The van der Waals surface area contributed by atoms with Crippen molar-refractivity contribution >= 4 is 11.7 Å². The highest BCUT2D eigenvalue weighted by molar-refractivity contribution is 5.87. The summed E-state index contributed by atoms with van der Waals surface area (Å²) < 4.78 is 12.7. The van der Waals surface area contributed by atoms with Crippen molar-refractivity contribution in [1.29, 1.82) is 0 Å². The second-order valence-electron chi connectivity index (χ2n) is 5.84. The first kappa shape index (κ1) is 15.8. The predicted molar refractivity (Wildman–Crippen MR) is 84.9 cm³/mol. The number of hydrogen-bond acceptors (Lipinski definition) is 5. The van der Waals surface area contributed by atoms with Gasteiger partial charge in [-0.3, -0.25) is 14.4 Å². The zero-order valence-electron chi connectivity index (χ0n) is 13.5. The molecule has 1 N–H and O–H groups in total. The molecule has 3 heterocycles. The van der Waals surface area contributed by atoms with E-state index in [1.54, 1.807) is 7.11 Å². The molecule has 124 valence electrons. The molecule has 3 rings (SSSR count). The second-order valence-corrected chi connectivity index (χ2v) is 5.84. The van der Waals surface area contributed by atoms with E-state index in [0.717, 1.165) is 37.6 Å². The molecular formula is C16H22N4O3. The zero-order chi connectivity index (χ0) is 16.2. The van der Waals surface area contributed by atoms with Crippen LogP contribution in [0.25, 0.3) is 0 Å². The Morgan fingerprint density at radius 1 is 1.43 bits per heavy atom. The van der Waals surface area contributed by atoms with Crippen molar-refractivity contribution < 1.29 is 13.9 Å². The van der Waals surface area contributed by atoms with E-state index in [4.69, 9.17) is 9.15 Å². The molecule has 0 bridgehead atoms. The van der Waals surface area contributed by atoms with E-state index in [1.165, 1.54) is 6.92 Å². The number of anilines is 1. The summed E-state index contributed by atoms with van der Waals surface area (Å²) in [6.45, 7) is 4.70. The van der Waals surface area contributed by atoms with Gasteiger partial charge in [-0.05, 0) is 18.6 Å². The van der Waals surface area contributed by atoms with Crippen LogP contribution < -0.4 is 5.32 Å². The van der Waals surface area contributed by atoms with Crippen LogP contribution in [0.5, 0.6) is 0 Å². The molecule has 23 heavy (non-hydrogen) atoms. The smallest absolute Gasteiger partial charge is 0.222 e. The molecule has 0 spiro atoms. The number of hydrogen-bond donors (Lipinski definition) is 1. The molecule has 0 aliphatic carbocycles. The summed E-state index contributed by atoms with van der Waals surface area (Å²) in [5.41, 5.74) is 0. The van der Waals surface area contributed by atoms with Gasteiger partial charge in [-0.2, -0.15) is 5.10 Å². The average molecular weight is 318 g/mol. The monoisotopic (exact) mass is 318 g/mol. The Bertz CT molecular complexity index is 664. The number of aromatic nitrogens is 2. The van der Waals surface area contributed by atoms with Gasteiger partial charge in [0.2, 0.25) is 5.91 Å². The summed E-state index contributed by atoms with van der Waals surface area (Å²) in [5.74, 6) is 2.31. The van der Waals surface area contributed by atoms with Crippen LogP contribution in [0.3, 0.4) is 0 Å². The van der Waals surface area contributed by atoms with E-state index in [2.05, 4.69) is 15.3 Å². The molecule has 0 aromatic carbocycles. The van der Waals surface area contributed by atoms with Crippen LogP contribution in [0.4, 0.5) is 5.82 Å². The third-order valence-corrected chi connectivity index (χ3v) is 3.92. The lowest BCUT2D eigenvalue weighted by Gasteiger charge is -2.14. The van der Waals surface area contributed by atoms with Crippen LogP contribution in [0.15, 0.2) is 28.8 Å². The van der Waals surface area contributed by atoms with Gasteiger partial charge < -0.3 is 14.5 Å². The third-order valence-electron chi connectivity index (χ3n) is 3.92. The van der Waals surface area contributed by atoms with E-state index >= 15 is 0 Å². The second kappa shape index (κ2) is 6.97. The fourth-order valence-corrected chi connectivity index (χ4v) is 2.91. The van der Waals surface area contributed by atoms with Crippen LogP contribution in [0.1, 0.15) is 30.9 Å². The zero-order valence-corrected chi connectivity index (χ0v) is 13.5. The Morgan fingerprint density at radius 3 is 3.04 bits per heavy atom. The molecule has 2 aromatic rings. The largest absolute Gasteiger partial charge is 0.462 e. The number of rotatable bonds is 6. The highest BCUT2D eigenvalue weighted by Gasteiger charge is 2.25. The van der Waals surface area contributed by atoms with Crippen LogP contribution in [-0.2, 0) is 22.7 Å². The molecule has 0 radical (unpaired) electrons. The number of ether oxygens (including phenoxy) is 1. The Labute approximate surface area is 135 Å². The van der Waals surface area contributed by atoms with E-state index in [-0.39, 0.29) is 5.91 Å². The SMILES string of the molecule is COCc1ccc(CN2CC[C@H](n3ccc(NC(C)=O)n3)C2)o1. The van der Waals surface area contributed by atoms with Crippen LogP contribution in [0, 0.1) is 0 Å². The molecule has 7 heteroatoms. The molecule has 1 fully saturated rings. The van der Waals surface area contributed by atoms with Crippen molar-refractivity contribution in [3.63, 3.8) is 0 Å². The van der Waals surface area contributed by atoms with Gasteiger partial charge in [0.1, 0.15) is 18.1 Å². The van der Waals surface area contributed by atoms with Crippen molar-refractivity contribution in [2.75, 3.05) is 25.5 Å². The first-order valence-electron chi connectivity index (χ1n) is 7.75. The summed E-state index contributed by atoms with van der Waals surface area (Å²) in [7, 11) is 1.66. The molecule has 1 amide bonds. The number of likely N-dealkylation sites (tertiary alicyclic amines) is 1. The van der Waals surface area contributed by atoms with Gasteiger partial charge in [0.15, 0.2) is 5.82 Å². The van der Waals surface area contributed by atoms with Crippen molar-refractivity contribution in [3.05, 3.63) is 35.9 Å². The third kappa shape index (κ3) is 4.00. The van der Waals surface area contributed by atoms with Crippen molar-refractivity contribution in [1.82, 2.24) is 14.7 Å². The fraction of sp³-hybridized carbons (Fsp3) is 0.500. The minimum atomic E-state index is -0.104. The lowest BCUT2D eigenvalue weighted by molar-refractivity contribution is -0.114. The maximum atomic E-state index is 11.1. The summed E-state index contributed by atoms with van der Waals surface area (Å²) in [6, 6.07) is 6.11. The lowest BCUT2D eigenvalue weighted by Crippen LogP contribution is -2.21. The Morgan fingerprint density at radius 2 is 2.26 bits per heavy atom. The number of furan rings is 1. The van der Waals surface area contributed by atoms with Crippen LogP contribution in [0.2, 0.25) is 0 Å². The summed E-state index contributed by atoms with van der Waals surface area (Å²) in [6.07, 6.45) is 2.95.